The Morgan fingerprint density at radius 2 is 2.20 bits per heavy atom. The Hall–Kier alpha value is -0.770. The molecule has 0 aliphatic heterocycles. The molecule has 0 aromatic heterocycles. The van der Waals surface area contributed by atoms with Gasteiger partial charge in [0.1, 0.15) is 5.78 Å². The summed E-state index contributed by atoms with van der Waals surface area (Å²) in [6.45, 7) is 4.34. The minimum Gasteiger partial charge on any atom is -0.300 e. The van der Waals surface area contributed by atoms with Crippen molar-refractivity contribution in [2.75, 3.05) is 0 Å². The molecule has 0 saturated heterocycles. The van der Waals surface area contributed by atoms with Crippen molar-refractivity contribution in [2.45, 2.75) is 65.2 Å². The lowest BCUT2D eigenvalue weighted by Crippen LogP contribution is -2.26. The van der Waals surface area contributed by atoms with Crippen LogP contribution in [-0.4, -0.2) is 5.78 Å². The Balaban J connectivity index is 2.57. The van der Waals surface area contributed by atoms with Gasteiger partial charge in [-0.05, 0) is 25.7 Å². The van der Waals surface area contributed by atoms with E-state index in [1.54, 1.807) is 0 Å². The summed E-state index contributed by atoms with van der Waals surface area (Å²) >= 11 is 0. The van der Waals surface area contributed by atoms with Gasteiger partial charge < -0.3 is 0 Å². The van der Waals surface area contributed by atoms with Crippen molar-refractivity contribution in [1.29, 1.82) is 0 Å². The third-order valence-electron chi connectivity index (χ3n) is 3.33. The first-order valence-electron chi connectivity index (χ1n) is 6.24. The molecule has 0 N–H and O–H groups in total. The molecule has 0 heterocycles. The molecule has 0 spiro atoms. The zero-order valence-corrected chi connectivity index (χ0v) is 10.1. The summed E-state index contributed by atoms with van der Waals surface area (Å²) in [4.78, 5) is 11.5. The SMILES string of the molecule is CCCCC#C[C@@]1(CC)CCCC(=O)C1. The Morgan fingerprint density at radius 3 is 2.80 bits per heavy atom. The van der Waals surface area contributed by atoms with Gasteiger partial charge in [0.25, 0.3) is 0 Å². The Labute approximate surface area is 93.6 Å². The quantitative estimate of drug-likeness (QED) is 0.508. The standard InChI is InChI=1S/C14H22O/c1-3-5-6-7-10-14(4-2)11-8-9-13(15)12-14/h3-6,8-9,11-12H2,1-2H3/t14-/m0/s1. The van der Waals surface area contributed by atoms with Gasteiger partial charge in [-0.25, -0.2) is 0 Å². The van der Waals surface area contributed by atoms with E-state index in [1.165, 1.54) is 12.8 Å². The maximum Gasteiger partial charge on any atom is 0.134 e. The second-order valence-corrected chi connectivity index (χ2v) is 4.61. The molecule has 1 aliphatic carbocycles. The number of carbonyl (C=O) groups is 1. The smallest absolute Gasteiger partial charge is 0.134 e. The molecular weight excluding hydrogens is 184 g/mol. The number of hydrogen-bond acceptors (Lipinski definition) is 1. The van der Waals surface area contributed by atoms with E-state index in [-0.39, 0.29) is 5.41 Å². The monoisotopic (exact) mass is 206 g/mol. The van der Waals surface area contributed by atoms with Crippen LogP contribution in [0.15, 0.2) is 0 Å². The molecule has 0 radical (unpaired) electrons. The predicted octanol–water partition coefficient (Wildman–Crippen LogP) is 3.72. The Kier molecular flexibility index (Phi) is 4.88. The molecule has 1 heteroatoms. The zero-order valence-electron chi connectivity index (χ0n) is 10.1. The summed E-state index contributed by atoms with van der Waals surface area (Å²) in [7, 11) is 0. The van der Waals surface area contributed by atoms with Crippen LogP contribution in [0.5, 0.6) is 0 Å². The van der Waals surface area contributed by atoms with Crippen molar-refractivity contribution >= 4 is 5.78 Å². The van der Waals surface area contributed by atoms with Crippen LogP contribution in [0, 0.1) is 17.3 Å². The molecule has 1 atom stereocenters. The molecule has 0 amide bonds. The normalized spacial score (nSPS) is 25.9. The highest BCUT2D eigenvalue weighted by atomic mass is 16.1. The molecule has 1 rings (SSSR count). The summed E-state index contributed by atoms with van der Waals surface area (Å²) in [6, 6.07) is 0. The topological polar surface area (TPSA) is 17.1 Å². The maximum atomic E-state index is 11.5. The summed E-state index contributed by atoms with van der Waals surface area (Å²) in [6.07, 6.45) is 8.03. The predicted molar refractivity (Wildman–Crippen MR) is 63.5 cm³/mol. The van der Waals surface area contributed by atoms with Crippen LogP contribution in [0.4, 0.5) is 0 Å². The third-order valence-corrected chi connectivity index (χ3v) is 3.33. The van der Waals surface area contributed by atoms with Crippen molar-refractivity contribution < 1.29 is 4.79 Å². The van der Waals surface area contributed by atoms with Crippen molar-refractivity contribution in [3.8, 4) is 11.8 Å². The highest BCUT2D eigenvalue weighted by molar-refractivity contribution is 5.80. The van der Waals surface area contributed by atoms with E-state index in [1.807, 2.05) is 0 Å². The van der Waals surface area contributed by atoms with E-state index in [2.05, 4.69) is 25.7 Å². The van der Waals surface area contributed by atoms with Gasteiger partial charge in [0.05, 0.1) is 0 Å². The molecule has 1 fully saturated rings. The fraction of sp³-hybridized carbons (Fsp3) is 0.786. The molecule has 1 aliphatic rings. The molecule has 0 aromatic carbocycles. The van der Waals surface area contributed by atoms with Gasteiger partial charge in [-0.1, -0.05) is 26.2 Å². The van der Waals surface area contributed by atoms with E-state index in [0.29, 0.717) is 12.2 Å². The average molecular weight is 206 g/mol. The average Bonchev–Trinajstić information content (AvgIpc) is 2.25. The maximum absolute atomic E-state index is 11.5. The lowest BCUT2D eigenvalue weighted by molar-refractivity contribution is -0.122. The fourth-order valence-electron chi connectivity index (χ4n) is 2.19. The molecule has 0 bridgehead atoms. The van der Waals surface area contributed by atoms with Gasteiger partial charge in [-0.3, -0.25) is 4.79 Å². The third kappa shape index (κ3) is 3.70. The van der Waals surface area contributed by atoms with Gasteiger partial charge in [0.15, 0.2) is 0 Å². The second-order valence-electron chi connectivity index (χ2n) is 4.61. The van der Waals surface area contributed by atoms with E-state index >= 15 is 0 Å². The lowest BCUT2D eigenvalue weighted by atomic mass is 9.72. The van der Waals surface area contributed by atoms with Crippen LogP contribution < -0.4 is 0 Å². The van der Waals surface area contributed by atoms with E-state index in [0.717, 1.165) is 32.1 Å². The van der Waals surface area contributed by atoms with Crippen molar-refractivity contribution in [1.82, 2.24) is 0 Å². The van der Waals surface area contributed by atoms with Crippen LogP contribution in [0.3, 0.4) is 0 Å². The molecule has 1 saturated carbocycles. The van der Waals surface area contributed by atoms with Crippen LogP contribution in [0.25, 0.3) is 0 Å². The first kappa shape index (κ1) is 12.3. The molecule has 1 nitrogen and oxygen atoms in total. The van der Waals surface area contributed by atoms with Crippen molar-refractivity contribution in [3.05, 3.63) is 0 Å². The number of rotatable bonds is 3. The highest BCUT2D eigenvalue weighted by Gasteiger charge is 2.32. The number of Topliss-reactive ketones (excluding diaryl/α,β-unsaturated/α-hetero) is 1. The van der Waals surface area contributed by atoms with Crippen LogP contribution in [0.2, 0.25) is 0 Å². The van der Waals surface area contributed by atoms with E-state index in [4.69, 9.17) is 0 Å². The van der Waals surface area contributed by atoms with Crippen LogP contribution in [-0.2, 0) is 4.79 Å². The van der Waals surface area contributed by atoms with Gasteiger partial charge in [0.2, 0.25) is 0 Å². The molecule has 0 unspecified atom stereocenters. The highest BCUT2D eigenvalue weighted by Crippen LogP contribution is 2.36. The number of carbonyl (C=O) groups excluding carboxylic acids is 1. The largest absolute Gasteiger partial charge is 0.300 e. The second kappa shape index (κ2) is 5.95. The first-order chi connectivity index (χ1) is 7.22. The van der Waals surface area contributed by atoms with Gasteiger partial charge in [-0.15, -0.1) is 5.92 Å². The summed E-state index contributed by atoms with van der Waals surface area (Å²) in [5.41, 5.74) is 0.0308. The Morgan fingerprint density at radius 1 is 1.40 bits per heavy atom. The fourth-order valence-corrected chi connectivity index (χ4v) is 2.19. The first-order valence-corrected chi connectivity index (χ1v) is 6.24. The van der Waals surface area contributed by atoms with Gasteiger partial charge in [-0.2, -0.15) is 0 Å². The van der Waals surface area contributed by atoms with Crippen molar-refractivity contribution in [3.63, 3.8) is 0 Å². The van der Waals surface area contributed by atoms with Gasteiger partial charge in [0, 0.05) is 24.7 Å². The molecular formula is C14H22O. The Bertz CT molecular complexity index is 269. The number of hydrogen-bond donors (Lipinski definition) is 0. The van der Waals surface area contributed by atoms with E-state index in [9.17, 15) is 4.79 Å². The number of unbranched alkanes of at least 4 members (excludes halogenated alkanes) is 2. The zero-order chi connectivity index (χ0) is 11.1. The molecule has 15 heavy (non-hydrogen) atoms. The number of ketones is 1. The van der Waals surface area contributed by atoms with Crippen LogP contribution in [0.1, 0.15) is 65.2 Å². The minimum absolute atomic E-state index is 0.0308. The summed E-state index contributed by atoms with van der Waals surface area (Å²) in [5.74, 6) is 7.06. The minimum atomic E-state index is 0.0308. The summed E-state index contributed by atoms with van der Waals surface area (Å²) < 4.78 is 0. The molecule has 0 aromatic rings. The lowest BCUT2D eigenvalue weighted by Gasteiger charge is -2.30. The van der Waals surface area contributed by atoms with Crippen LogP contribution >= 0.6 is 0 Å². The van der Waals surface area contributed by atoms with E-state index < -0.39 is 0 Å². The van der Waals surface area contributed by atoms with Crippen molar-refractivity contribution in [2.24, 2.45) is 5.41 Å². The molecule has 84 valence electrons. The summed E-state index contributed by atoms with van der Waals surface area (Å²) in [5, 5.41) is 0. The van der Waals surface area contributed by atoms with Gasteiger partial charge >= 0.3 is 0 Å².